The molecule has 2 fully saturated rings. The van der Waals surface area contributed by atoms with Crippen molar-refractivity contribution in [2.45, 2.75) is 32.3 Å². The molecule has 50 valence electrons. The second-order valence-corrected chi connectivity index (χ2v) is 3.16. The fourth-order valence-corrected chi connectivity index (χ4v) is 1.36. The topological polar surface area (TPSA) is 26.3 Å². The minimum Gasteiger partial charge on any atom is -0.462 e. The molecule has 2 rings (SSSR count). The highest BCUT2D eigenvalue weighted by atomic mass is 16.5. The molecule has 0 unspecified atom stereocenters. The number of carbonyl (C=O) groups is 1. The summed E-state index contributed by atoms with van der Waals surface area (Å²) in [5.74, 6) is -0.122. The number of rotatable bonds is 1. The van der Waals surface area contributed by atoms with Crippen LogP contribution in [-0.4, -0.2) is 12.1 Å². The molecular formula is C7H10O2. The van der Waals surface area contributed by atoms with Crippen molar-refractivity contribution < 1.29 is 9.53 Å². The predicted octanol–water partition coefficient (Wildman–Crippen LogP) is 1.10. The highest BCUT2D eigenvalue weighted by molar-refractivity contribution is 5.66. The summed E-state index contributed by atoms with van der Waals surface area (Å²) in [5, 5.41) is 0. The van der Waals surface area contributed by atoms with Gasteiger partial charge in [-0.1, -0.05) is 0 Å². The fraction of sp³-hybridized carbons (Fsp3) is 0.857. The third kappa shape index (κ3) is 0.732. The van der Waals surface area contributed by atoms with Gasteiger partial charge in [-0.05, 0) is 19.3 Å². The predicted molar refractivity (Wildman–Crippen MR) is 31.8 cm³/mol. The Labute approximate surface area is 54.2 Å². The van der Waals surface area contributed by atoms with Gasteiger partial charge < -0.3 is 4.74 Å². The minimum absolute atomic E-state index is 0.122. The van der Waals surface area contributed by atoms with E-state index < -0.39 is 0 Å². The largest absolute Gasteiger partial charge is 0.462 e. The highest BCUT2D eigenvalue weighted by Crippen LogP contribution is 2.67. The molecule has 1 atom stereocenters. The van der Waals surface area contributed by atoms with Crippen LogP contribution in [0.25, 0.3) is 0 Å². The van der Waals surface area contributed by atoms with Crippen molar-refractivity contribution in [1.82, 2.24) is 0 Å². The van der Waals surface area contributed by atoms with Gasteiger partial charge in [0.2, 0.25) is 0 Å². The molecule has 0 N–H and O–H groups in total. The van der Waals surface area contributed by atoms with Crippen molar-refractivity contribution in [2.75, 3.05) is 0 Å². The molecule has 0 aromatic carbocycles. The normalized spacial score (nSPS) is 34.1. The molecule has 0 bridgehead atoms. The third-order valence-electron chi connectivity index (χ3n) is 2.32. The first-order valence-electron chi connectivity index (χ1n) is 3.40. The molecule has 2 saturated carbocycles. The smallest absolute Gasteiger partial charge is 0.302 e. The number of esters is 1. The van der Waals surface area contributed by atoms with Gasteiger partial charge in [0.25, 0.3) is 0 Å². The maximum absolute atomic E-state index is 10.4. The number of hydrogen-bond donors (Lipinski definition) is 0. The Morgan fingerprint density at radius 2 is 2.33 bits per heavy atom. The van der Waals surface area contributed by atoms with Crippen molar-refractivity contribution in [3.8, 4) is 0 Å². The van der Waals surface area contributed by atoms with E-state index in [-0.39, 0.29) is 5.97 Å². The van der Waals surface area contributed by atoms with Gasteiger partial charge in [0.1, 0.15) is 6.10 Å². The van der Waals surface area contributed by atoms with E-state index in [0.717, 1.165) is 6.42 Å². The zero-order valence-corrected chi connectivity index (χ0v) is 5.52. The summed E-state index contributed by atoms with van der Waals surface area (Å²) in [6.45, 7) is 1.48. The molecule has 2 heteroatoms. The van der Waals surface area contributed by atoms with Gasteiger partial charge >= 0.3 is 5.97 Å². The van der Waals surface area contributed by atoms with Gasteiger partial charge in [-0.3, -0.25) is 4.79 Å². The van der Waals surface area contributed by atoms with Crippen LogP contribution in [0.2, 0.25) is 0 Å². The molecule has 0 saturated heterocycles. The van der Waals surface area contributed by atoms with Crippen LogP contribution in [0, 0.1) is 5.41 Å². The van der Waals surface area contributed by atoms with Crippen molar-refractivity contribution in [3.63, 3.8) is 0 Å². The minimum atomic E-state index is -0.122. The van der Waals surface area contributed by atoms with E-state index in [9.17, 15) is 4.79 Å². The Hall–Kier alpha value is -0.530. The second-order valence-electron chi connectivity index (χ2n) is 3.16. The molecule has 0 radical (unpaired) electrons. The lowest BCUT2D eigenvalue weighted by Crippen LogP contribution is -2.02. The first kappa shape index (κ1) is 5.27. The van der Waals surface area contributed by atoms with Crippen molar-refractivity contribution in [2.24, 2.45) is 5.41 Å². The molecule has 2 aliphatic carbocycles. The zero-order chi connectivity index (χ0) is 6.48. The highest BCUT2D eigenvalue weighted by Gasteiger charge is 2.65. The maximum atomic E-state index is 10.4. The lowest BCUT2D eigenvalue weighted by Gasteiger charge is -1.95. The number of hydrogen-bond acceptors (Lipinski definition) is 2. The Morgan fingerprint density at radius 3 is 2.67 bits per heavy atom. The standard InChI is InChI=1S/C7H10O2/c1-5(8)9-6-4-7(6)2-3-7/h6H,2-4H2,1H3/t6-/m0/s1. The molecule has 2 nitrogen and oxygen atoms in total. The molecule has 0 aromatic rings. The third-order valence-corrected chi connectivity index (χ3v) is 2.32. The first-order chi connectivity index (χ1) is 4.23. The van der Waals surface area contributed by atoms with Crippen molar-refractivity contribution in [3.05, 3.63) is 0 Å². The Morgan fingerprint density at radius 1 is 1.67 bits per heavy atom. The average molecular weight is 126 g/mol. The fourth-order valence-electron chi connectivity index (χ4n) is 1.36. The van der Waals surface area contributed by atoms with Crippen LogP contribution in [0.15, 0.2) is 0 Å². The van der Waals surface area contributed by atoms with E-state index in [2.05, 4.69) is 0 Å². The Kier molecular flexibility index (Phi) is 0.765. The molecule has 2 aliphatic rings. The second kappa shape index (κ2) is 1.31. The summed E-state index contributed by atoms with van der Waals surface area (Å²) in [5.41, 5.74) is 0.506. The van der Waals surface area contributed by atoms with Crippen molar-refractivity contribution >= 4 is 5.97 Å². The van der Waals surface area contributed by atoms with Crippen molar-refractivity contribution in [1.29, 1.82) is 0 Å². The van der Waals surface area contributed by atoms with Gasteiger partial charge in [0.15, 0.2) is 0 Å². The van der Waals surface area contributed by atoms with Crippen LogP contribution in [0.1, 0.15) is 26.2 Å². The van der Waals surface area contributed by atoms with E-state index >= 15 is 0 Å². The zero-order valence-electron chi connectivity index (χ0n) is 5.52. The quantitative estimate of drug-likeness (QED) is 0.492. The monoisotopic (exact) mass is 126 g/mol. The lowest BCUT2D eigenvalue weighted by atomic mass is 10.4. The van der Waals surface area contributed by atoms with Gasteiger partial charge in [-0.25, -0.2) is 0 Å². The summed E-state index contributed by atoms with van der Waals surface area (Å²) in [7, 11) is 0. The van der Waals surface area contributed by atoms with Crippen LogP contribution < -0.4 is 0 Å². The van der Waals surface area contributed by atoms with E-state index in [0.29, 0.717) is 11.5 Å². The maximum Gasteiger partial charge on any atom is 0.302 e. The average Bonchev–Trinajstić information content (AvgIpc) is 2.54. The molecule has 9 heavy (non-hydrogen) atoms. The Balaban J connectivity index is 1.84. The SMILES string of the molecule is CC(=O)O[C@H]1CC12CC2. The summed E-state index contributed by atoms with van der Waals surface area (Å²) in [4.78, 5) is 10.4. The molecule has 1 spiro atoms. The summed E-state index contributed by atoms with van der Waals surface area (Å²) >= 11 is 0. The van der Waals surface area contributed by atoms with E-state index in [1.807, 2.05) is 0 Å². The van der Waals surface area contributed by atoms with Crippen LogP contribution in [-0.2, 0) is 9.53 Å². The van der Waals surface area contributed by atoms with Crippen LogP contribution in [0.5, 0.6) is 0 Å². The van der Waals surface area contributed by atoms with Gasteiger partial charge in [-0.15, -0.1) is 0 Å². The first-order valence-corrected chi connectivity index (χ1v) is 3.40. The van der Waals surface area contributed by atoms with Crippen LogP contribution >= 0.6 is 0 Å². The van der Waals surface area contributed by atoms with E-state index in [4.69, 9.17) is 4.74 Å². The summed E-state index contributed by atoms with van der Waals surface area (Å²) < 4.78 is 5.00. The molecule has 0 aromatic heterocycles. The Bertz CT molecular complexity index is 158. The van der Waals surface area contributed by atoms with Gasteiger partial charge in [0.05, 0.1) is 0 Å². The molecule has 0 aliphatic heterocycles. The molecule has 0 heterocycles. The van der Waals surface area contributed by atoms with Gasteiger partial charge in [0, 0.05) is 12.3 Å². The van der Waals surface area contributed by atoms with Gasteiger partial charge in [-0.2, -0.15) is 0 Å². The van der Waals surface area contributed by atoms with E-state index in [1.54, 1.807) is 0 Å². The molecule has 0 amide bonds. The number of carbonyl (C=O) groups excluding carboxylic acids is 1. The summed E-state index contributed by atoms with van der Waals surface area (Å²) in [6, 6.07) is 0. The van der Waals surface area contributed by atoms with Crippen LogP contribution in [0.3, 0.4) is 0 Å². The molecular weight excluding hydrogens is 116 g/mol. The van der Waals surface area contributed by atoms with Crippen LogP contribution in [0.4, 0.5) is 0 Å². The van der Waals surface area contributed by atoms with E-state index in [1.165, 1.54) is 19.8 Å². The summed E-state index contributed by atoms with van der Waals surface area (Å²) in [6.07, 6.45) is 4.00. The number of ether oxygens (including phenoxy) is 1. The lowest BCUT2D eigenvalue weighted by molar-refractivity contribution is -0.142.